The summed E-state index contributed by atoms with van der Waals surface area (Å²) in [7, 11) is 0. The van der Waals surface area contributed by atoms with Crippen LogP contribution in [0.2, 0.25) is 0 Å². The van der Waals surface area contributed by atoms with Gasteiger partial charge in [0.15, 0.2) is 0 Å². The average Bonchev–Trinajstić information content (AvgIpc) is 2.47. The van der Waals surface area contributed by atoms with Crippen molar-refractivity contribution in [1.82, 2.24) is 19.9 Å². The number of aromatic nitrogens is 4. The van der Waals surface area contributed by atoms with Crippen LogP contribution in [0, 0.1) is 5.41 Å². The van der Waals surface area contributed by atoms with Crippen LogP contribution in [0.1, 0.15) is 0 Å². The van der Waals surface area contributed by atoms with Crippen LogP contribution in [-0.4, -0.2) is 26.0 Å². The molecule has 0 saturated carbocycles. The fourth-order valence-electron chi connectivity index (χ4n) is 0.958. The summed E-state index contributed by atoms with van der Waals surface area (Å²) in [5.41, 5.74) is -1.65. The van der Waals surface area contributed by atoms with Crippen molar-refractivity contribution in [2.75, 3.05) is 0 Å². The lowest BCUT2D eigenvalue weighted by Gasteiger charge is -1.83. The summed E-state index contributed by atoms with van der Waals surface area (Å²) in [4.78, 5) is 49.3. The van der Waals surface area contributed by atoms with Gasteiger partial charge < -0.3 is 0 Å². The number of hydrogen-bond donors (Lipinski definition) is 5. The van der Waals surface area contributed by atoms with Gasteiger partial charge in [-0.2, -0.15) is 0 Å². The van der Waals surface area contributed by atoms with Gasteiger partial charge in [-0.1, -0.05) is 0 Å². The van der Waals surface area contributed by atoms with Crippen molar-refractivity contribution >= 4 is 17.2 Å². The predicted molar refractivity (Wildman–Crippen MR) is 48.6 cm³/mol. The van der Waals surface area contributed by atoms with Crippen molar-refractivity contribution in [2.24, 2.45) is 0 Å². The Balaban J connectivity index is 0.000000337. The van der Waals surface area contributed by atoms with Gasteiger partial charge in [0.05, 0.1) is 0 Å². The van der Waals surface area contributed by atoms with E-state index >= 15 is 0 Å². The zero-order valence-electron chi connectivity index (χ0n) is 7.13. The third kappa shape index (κ3) is 2.17. The largest absolute Gasteiger partial charge is 0.327 e. The van der Waals surface area contributed by atoms with Crippen molar-refractivity contribution in [3.8, 4) is 0 Å². The molecule has 0 bridgehead atoms. The summed E-state index contributed by atoms with van der Waals surface area (Å²) in [6.45, 7) is 0. The first kappa shape index (κ1) is 10.4. The van der Waals surface area contributed by atoms with E-state index in [1.54, 1.807) is 0 Å². The Morgan fingerprint density at radius 1 is 0.933 bits per heavy atom. The fraction of sp³-hybridized carbons (Fsp3) is 0. The zero-order chi connectivity index (χ0) is 11.4. The highest BCUT2D eigenvalue weighted by Gasteiger charge is 2.02. The van der Waals surface area contributed by atoms with E-state index in [1.807, 2.05) is 4.98 Å². The summed E-state index contributed by atoms with van der Waals surface area (Å²) >= 11 is 0. The first-order valence-corrected chi connectivity index (χ1v) is 3.57. The molecule has 0 aromatic carbocycles. The summed E-state index contributed by atoms with van der Waals surface area (Å²) in [6.07, 6.45) is 0.750. The smallest absolute Gasteiger partial charge is 0.300 e. The number of aromatic amines is 4. The maximum atomic E-state index is 10.9. The molecule has 2 rings (SSSR count). The lowest BCUT2D eigenvalue weighted by atomic mass is 10.5. The van der Waals surface area contributed by atoms with Gasteiger partial charge in [0, 0.05) is 0 Å². The molecular formula is C6H5N5O4. The summed E-state index contributed by atoms with van der Waals surface area (Å²) in [5.74, 6) is 0. The van der Waals surface area contributed by atoms with Crippen molar-refractivity contribution in [3.63, 3.8) is 0 Å². The van der Waals surface area contributed by atoms with Crippen molar-refractivity contribution in [1.29, 1.82) is 5.41 Å². The summed E-state index contributed by atoms with van der Waals surface area (Å²) < 4.78 is 0. The van der Waals surface area contributed by atoms with Gasteiger partial charge in [-0.25, -0.2) is 19.8 Å². The Bertz CT molecular complexity index is 665. The van der Waals surface area contributed by atoms with E-state index in [2.05, 4.69) is 15.0 Å². The number of fused-ring (bicyclic) bond motifs is 1. The zero-order valence-corrected chi connectivity index (χ0v) is 7.13. The minimum Gasteiger partial charge on any atom is -0.300 e. The molecule has 0 radical (unpaired) electrons. The average molecular weight is 211 g/mol. The molecule has 0 aliphatic rings. The number of carbonyl (C=O) groups excluding carboxylic acids is 1. The summed E-state index contributed by atoms with van der Waals surface area (Å²) in [6, 6.07) is 0. The quantitative estimate of drug-likeness (QED) is 0.255. The molecule has 0 saturated heterocycles. The van der Waals surface area contributed by atoms with Gasteiger partial charge in [0.1, 0.15) is 11.2 Å². The second-order valence-corrected chi connectivity index (χ2v) is 2.34. The SMILES string of the molecule is N=C=O.O=c1[nH]c(=O)c2[nH]c(=O)[nH]c2[nH]1. The third-order valence-electron chi connectivity index (χ3n) is 1.42. The van der Waals surface area contributed by atoms with Gasteiger partial charge in [-0.05, 0) is 0 Å². The number of imidazole rings is 1. The number of hydrogen-bond acceptors (Lipinski definition) is 5. The molecule has 5 N–H and O–H groups in total. The Labute approximate surface area is 79.7 Å². The normalized spacial score (nSPS) is 9.07. The van der Waals surface area contributed by atoms with Gasteiger partial charge in [0.25, 0.3) is 5.56 Å². The minimum absolute atomic E-state index is 0.0413. The van der Waals surface area contributed by atoms with Crippen LogP contribution in [0.4, 0.5) is 0 Å². The lowest BCUT2D eigenvalue weighted by molar-refractivity contribution is 0.563. The van der Waals surface area contributed by atoms with E-state index in [1.165, 1.54) is 0 Å². The van der Waals surface area contributed by atoms with Crippen LogP contribution in [0.5, 0.6) is 0 Å². The van der Waals surface area contributed by atoms with Crippen molar-refractivity contribution < 1.29 is 4.79 Å². The number of H-pyrrole nitrogens is 4. The van der Waals surface area contributed by atoms with Crippen LogP contribution in [0.3, 0.4) is 0 Å². The topological polar surface area (TPSA) is 155 Å². The second-order valence-electron chi connectivity index (χ2n) is 2.34. The number of isocyanates is 1. The third-order valence-corrected chi connectivity index (χ3v) is 1.42. The molecule has 9 nitrogen and oxygen atoms in total. The van der Waals surface area contributed by atoms with E-state index in [0.717, 1.165) is 6.08 Å². The maximum absolute atomic E-state index is 10.9. The van der Waals surface area contributed by atoms with Crippen LogP contribution in [-0.2, 0) is 4.79 Å². The Morgan fingerprint density at radius 3 is 1.93 bits per heavy atom. The van der Waals surface area contributed by atoms with Gasteiger partial charge in [-0.3, -0.25) is 24.7 Å². The molecule has 78 valence electrons. The van der Waals surface area contributed by atoms with Crippen LogP contribution >= 0.6 is 0 Å². The highest BCUT2D eigenvalue weighted by atomic mass is 16.2. The predicted octanol–water partition coefficient (Wildman–Crippen LogP) is -1.87. The number of nitrogens with one attached hydrogen (secondary N) is 5. The van der Waals surface area contributed by atoms with Gasteiger partial charge >= 0.3 is 11.4 Å². The maximum Gasteiger partial charge on any atom is 0.327 e. The van der Waals surface area contributed by atoms with Crippen molar-refractivity contribution in [3.05, 3.63) is 31.3 Å². The standard InChI is InChI=1S/C5H4N4O3.CHNO/c10-3-1-2(7-4(11)6-1)8-5(12)9-3;2-1-3/h(H4,6,7,8,9,10,11,12);2H. The molecule has 15 heavy (non-hydrogen) atoms. The molecule has 2 aromatic rings. The highest BCUT2D eigenvalue weighted by molar-refractivity contribution is 5.67. The van der Waals surface area contributed by atoms with E-state index in [4.69, 9.17) is 10.2 Å². The van der Waals surface area contributed by atoms with E-state index in [9.17, 15) is 14.4 Å². The first-order valence-electron chi connectivity index (χ1n) is 3.57. The summed E-state index contributed by atoms with van der Waals surface area (Å²) in [5, 5.41) is 5.40. The van der Waals surface area contributed by atoms with Gasteiger partial charge in [-0.15, -0.1) is 0 Å². The first-order chi connectivity index (χ1) is 7.08. The van der Waals surface area contributed by atoms with E-state index in [0.29, 0.717) is 0 Å². The molecule has 0 fully saturated rings. The molecule has 0 aliphatic carbocycles. The molecule has 9 heteroatoms. The molecule has 0 spiro atoms. The minimum atomic E-state index is -0.650. The Hall–Kier alpha value is -2.67. The molecule has 0 aliphatic heterocycles. The molecule has 0 amide bonds. The Kier molecular flexibility index (Phi) is 2.79. The fourth-order valence-corrected chi connectivity index (χ4v) is 0.958. The molecule has 2 heterocycles. The molecule has 2 aromatic heterocycles. The van der Waals surface area contributed by atoms with E-state index in [-0.39, 0.29) is 11.2 Å². The second kappa shape index (κ2) is 4.03. The van der Waals surface area contributed by atoms with Crippen molar-refractivity contribution in [2.45, 2.75) is 0 Å². The molecular weight excluding hydrogens is 206 g/mol. The Morgan fingerprint density at radius 2 is 1.40 bits per heavy atom. The monoisotopic (exact) mass is 211 g/mol. The van der Waals surface area contributed by atoms with Gasteiger partial charge in [0.2, 0.25) is 6.08 Å². The van der Waals surface area contributed by atoms with Crippen LogP contribution in [0.15, 0.2) is 14.4 Å². The van der Waals surface area contributed by atoms with Crippen LogP contribution < -0.4 is 16.9 Å². The molecule has 0 atom stereocenters. The number of rotatable bonds is 0. The lowest BCUT2D eigenvalue weighted by Crippen LogP contribution is -2.21. The highest BCUT2D eigenvalue weighted by Crippen LogP contribution is 1.88. The molecule has 0 unspecified atom stereocenters. The van der Waals surface area contributed by atoms with Crippen LogP contribution in [0.25, 0.3) is 11.2 Å². The van der Waals surface area contributed by atoms with E-state index < -0.39 is 16.9 Å².